The first-order valence-electron chi connectivity index (χ1n) is 18.8. The minimum Gasteiger partial charge on any atom is -0.487 e. The van der Waals surface area contributed by atoms with E-state index in [1.807, 2.05) is 12.1 Å². The van der Waals surface area contributed by atoms with Gasteiger partial charge in [0, 0.05) is 27.7 Å². The van der Waals surface area contributed by atoms with Crippen molar-refractivity contribution in [1.29, 1.82) is 0 Å². The Hall–Kier alpha value is -3.34. The zero-order chi connectivity index (χ0) is 37.7. The highest BCUT2D eigenvalue weighted by Gasteiger charge is 2.53. The third-order valence-corrected chi connectivity index (χ3v) is 9.79. The molecule has 0 N–H and O–H groups in total. The van der Waals surface area contributed by atoms with Gasteiger partial charge in [-0.3, -0.25) is 19.2 Å². The SMILES string of the molecule is CC(=O)OC[C@H]1O[C@H](Oc2ccc3c(c2)CCC(C)(CCC[C@H](C)CCC[C@H](C)CCCC(C)C)O3)[C@H](OC(C)=O)[C@@H](OC(C)=O)[C@H]1OC(C)=O. The number of esters is 4. The number of fused-ring (bicyclic) bond motifs is 1. The Bertz CT molecular complexity index is 1290. The molecule has 3 rings (SSSR count). The number of ether oxygens (including phenoxy) is 7. The molecule has 0 bridgehead atoms. The zero-order valence-corrected chi connectivity index (χ0v) is 32.3. The number of rotatable bonds is 19. The summed E-state index contributed by atoms with van der Waals surface area (Å²) in [7, 11) is 0. The van der Waals surface area contributed by atoms with Crippen molar-refractivity contribution in [3.8, 4) is 11.5 Å². The van der Waals surface area contributed by atoms with Gasteiger partial charge in [-0.25, -0.2) is 0 Å². The molecule has 1 aromatic carbocycles. The van der Waals surface area contributed by atoms with Gasteiger partial charge in [0.1, 0.15) is 29.8 Å². The van der Waals surface area contributed by atoms with Crippen molar-refractivity contribution in [3.05, 3.63) is 23.8 Å². The van der Waals surface area contributed by atoms with Gasteiger partial charge < -0.3 is 33.2 Å². The number of carbonyl (C=O) groups excluding carboxylic acids is 4. The number of carbonyl (C=O) groups is 4. The van der Waals surface area contributed by atoms with Gasteiger partial charge >= 0.3 is 23.9 Å². The molecule has 51 heavy (non-hydrogen) atoms. The van der Waals surface area contributed by atoms with Crippen molar-refractivity contribution in [2.24, 2.45) is 17.8 Å². The molecule has 2 aliphatic rings. The topological polar surface area (TPSA) is 133 Å². The van der Waals surface area contributed by atoms with Crippen molar-refractivity contribution in [1.82, 2.24) is 0 Å². The maximum atomic E-state index is 12.2. The summed E-state index contributed by atoms with van der Waals surface area (Å²) in [4.78, 5) is 48.0. The highest BCUT2D eigenvalue weighted by Crippen LogP contribution is 2.39. The van der Waals surface area contributed by atoms with Crippen molar-refractivity contribution in [3.63, 3.8) is 0 Å². The van der Waals surface area contributed by atoms with E-state index in [4.69, 9.17) is 33.2 Å². The van der Waals surface area contributed by atoms with E-state index in [1.165, 1.54) is 72.6 Å². The molecule has 2 heterocycles. The molecule has 288 valence electrons. The molecular weight excluding hydrogens is 656 g/mol. The molecule has 0 saturated carbocycles. The van der Waals surface area contributed by atoms with E-state index in [9.17, 15) is 19.2 Å². The maximum absolute atomic E-state index is 12.2. The fourth-order valence-electron chi connectivity index (χ4n) is 7.04. The van der Waals surface area contributed by atoms with Crippen LogP contribution in [-0.4, -0.2) is 66.8 Å². The highest BCUT2D eigenvalue weighted by atomic mass is 16.7. The quantitative estimate of drug-likeness (QED) is 0.103. The largest absolute Gasteiger partial charge is 0.487 e. The van der Waals surface area contributed by atoms with Crippen LogP contribution in [0.4, 0.5) is 0 Å². The predicted molar refractivity (Wildman–Crippen MR) is 191 cm³/mol. The first kappa shape index (κ1) is 42.1. The molecular formula is C40H62O11. The maximum Gasteiger partial charge on any atom is 0.303 e. The van der Waals surface area contributed by atoms with Crippen LogP contribution in [0.2, 0.25) is 0 Å². The first-order chi connectivity index (χ1) is 24.0. The first-order valence-corrected chi connectivity index (χ1v) is 18.8. The summed E-state index contributed by atoms with van der Waals surface area (Å²) in [5, 5.41) is 0. The Kier molecular flexibility index (Phi) is 16.5. The normalized spacial score (nSPS) is 25.5. The standard InChI is InChI=1S/C40H62O11/c1-25(2)13-10-14-26(3)15-11-16-27(4)17-12-21-40(9)22-20-32-23-33(18-19-34(32)51-40)49-39-38(48-31(8)44)37(47-30(7)43)36(46-29(6)42)35(50-39)24-45-28(5)41/h18-19,23,25-27,35-39H,10-17,20-22,24H2,1-9H3/t26-,27-,35-,36+,37+,38-,39+,40?/m1/s1. The second kappa shape index (κ2) is 20.0. The molecule has 11 heteroatoms. The van der Waals surface area contributed by atoms with E-state index < -0.39 is 54.6 Å². The molecule has 2 aliphatic heterocycles. The minimum atomic E-state index is -1.31. The Morgan fingerprint density at radius 2 is 1.33 bits per heavy atom. The monoisotopic (exact) mass is 718 g/mol. The molecule has 0 spiro atoms. The van der Waals surface area contributed by atoms with Gasteiger partial charge in [-0.1, -0.05) is 72.6 Å². The lowest BCUT2D eigenvalue weighted by Crippen LogP contribution is -2.63. The third-order valence-electron chi connectivity index (χ3n) is 9.79. The van der Waals surface area contributed by atoms with Gasteiger partial charge in [-0.2, -0.15) is 0 Å². The minimum absolute atomic E-state index is 0.264. The van der Waals surface area contributed by atoms with Crippen LogP contribution in [0.3, 0.4) is 0 Å². The van der Waals surface area contributed by atoms with Crippen LogP contribution in [0.1, 0.15) is 132 Å². The van der Waals surface area contributed by atoms with Crippen molar-refractivity contribution in [2.45, 2.75) is 169 Å². The number of hydrogen-bond acceptors (Lipinski definition) is 11. The molecule has 1 unspecified atom stereocenters. The molecule has 1 aromatic rings. The van der Waals surface area contributed by atoms with Gasteiger partial charge in [-0.05, 0) is 74.1 Å². The summed E-state index contributed by atoms with van der Waals surface area (Å²) in [6.45, 7) is 16.0. The fourth-order valence-corrected chi connectivity index (χ4v) is 7.04. The second-order valence-electron chi connectivity index (χ2n) is 15.4. The Morgan fingerprint density at radius 3 is 1.92 bits per heavy atom. The van der Waals surface area contributed by atoms with Crippen molar-refractivity contribution >= 4 is 23.9 Å². The summed E-state index contributed by atoms with van der Waals surface area (Å²) in [5.41, 5.74) is 0.700. The van der Waals surface area contributed by atoms with Crippen LogP contribution in [0.15, 0.2) is 18.2 Å². The van der Waals surface area contributed by atoms with E-state index in [0.29, 0.717) is 11.7 Å². The summed E-state index contributed by atoms with van der Waals surface area (Å²) in [6, 6.07) is 5.46. The van der Waals surface area contributed by atoms with Crippen molar-refractivity contribution in [2.75, 3.05) is 6.61 Å². The summed E-state index contributed by atoms with van der Waals surface area (Å²) >= 11 is 0. The predicted octanol–water partition coefficient (Wildman–Crippen LogP) is 7.67. The van der Waals surface area contributed by atoms with Gasteiger partial charge in [-0.15, -0.1) is 0 Å². The molecule has 11 nitrogen and oxygen atoms in total. The lowest BCUT2D eigenvalue weighted by atomic mass is 9.86. The molecule has 1 fully saturated rings. The van der Waals surface area contributed by atoms with E-state index in [0.717, 1.165) is 48.8 Å². The Labute approximate surface area is 304 Å². The van der Waals surface area contributed by atoms with Gasteiger partial charge in [0.2, 0.25) is 12.4 Å². The molecule has 0 radical (unpaired) electrons. The van der Waals surface area contributed by atoms with Crippen LogP contribution in [-0.2, 0) is 49.3 Å². The van der Waals surface area contributed by atoms with Gasteiger partial charge in [0.15, 0.2) is 12.2 Å². The summed E-state index contributed by atoms with van der Waals surface area (Å²) < 4.78 is 40.5. The lowest BCUT2D eigenvalue weighted by molar-refractivity contribution is -0.288. The number of hydrogen-bond donors (Lipinski definition) is 0. The molecule has 1 saturated heterocycles. The summed E-state index contributed by atoms with van der Waals surface area (Å²) in [6.07, 6.45) is 6.57. The van der Waals surface area contributed by atoms with E-state index in [-0.39, 0.29) is 12.2 Å². The molecule has 0 aliphatic carbocycles. The van der Waals surface area contributed by atoms with E-state index >= 15 is 0 Å². The average molecular weight is 719 g/mol. The molecule has 8 atom stereocenters. The Morgan fingerprint density at radius 1 is 0.765 bits per heavy atom. The second-order valence-corrected chi connectivity index (χ2v) is 15.4. The van der Waals surface area contributed by atoms with Crippen molar-refractivity contribution < 1.29 is 52.3 Å². The highest BCUT2D eigenvalue weighted by molar-refractivity contribution is 5.68. The van der Waals surface area contributed by atoms with Crippen LogP contribution in [0.5, 0.6) is 11.5 Å². The van der Waals surface area contributed by atoms with Crippen LogP contribution in [0, 0.1) is 17.8 Å². The number of benzene rings is 1. The van der Waals surface area contributed by atoms with E-state index in [2.05, 4.69) is 34.6 Å². The van der Waals surface area contributed by atoms with Crippen LogP contribution >= 0.6 is 0 Å². The molecule has 0 amide bonds. The number of aryl methyl sites for hydroxylation is 1. The smallest absolute Gasteiger partial charge is 0.303 e. The van der Waals surface area contributed by atoms with Gasteiger partial charge in [0.05, 0.1) is 0 Å². The van der Waals surface area contributed by atoms with Crippen LogP contribution < -0.4 is 9.47 Å². The van der Waals surface area contributed by atoms with Gasteiger partial charge in [0.25, 0.3) is 0 Å². The van der Waals surface area contributed by atoms with E-state index in [1.54, 1.807) is 6.07 Å². The average Bonchev–Trinajstić information content (AvgIpc) is 3.02. The Balaban J connectivity index is 1.63. The third kappa shape index (κ3) is 14.3. The zero-order valence-electron chi connectivity index (χ0n) is 32.3. The molecule has 0 aromatic heterocycles. The summed E-state index contributed by atoms with van der Waals surface area (Å²) in [5.74, 6) is 0.813. The fraction of sp³-hybridized carbons (Fsp3) is 0.750. The lowest BCUT2D eigenvalue weighted by Gasteiger charge is -2.44. The van der Waals surface area contributed by atoms with Crippen LogP contribution in [0.25, 0.3) is 0 Å².